The standard InChI is InChI=1S/C23H20BrN3O2S/c1-14-5-3-7-18(11-14)25-21(28)16-6-4-8-19(12-16)26-23(30)27-22(29)17-10-9-15(2)20(24)13-17/h3-13H,1-2H3,(H,25,28)(H2,26,27,29,30). The maximum Gasteiger partial charge on any atom is 0.257 e. The summed E-state index contributed by atoms with van der Waals surface area (Å²) < 4.78 is 0.848. The highest BCUT2D eigenvalue weighted by atomic mass is 79.9. The molecule has 152 valence electrons. The fourth-order valence-corrected chi connectivity index (χ4v) is 3.33. The second-order valence-corrected chi connectivity index (χ2v) is 8.04. The van der Waals surface area contributed by atoms with Gasteiger partial charge in [0, 0.05) is 27.0 Å². The molecule has 0 unspecified atom stereocenters. The number of aryl methyl sites for hydroxylation is 2. The van der Waals surface area contributed by atoms with E-state index >= 15 is 0 Å². The first-order chi connectivity index (χ1) is 14.3. The first kappa shape index (κ1) is 21.7. The lowest BCUT2D eigenvalue weighted by atomic mass is 10.1. The lowest BCUT2D eigenvalue weighted by Gasteiger charge is -2.12. The summed E-state index contributed by atoms with van der Waals surface area (Å²) in [6, 6.07) is 19.8. The Morgan fingerprint density at radius 2 is 1.47 bits per heavy atom. The van der Waals surface area contributed by atoms with Crippen LogP contribution in [0.2, 0.25) is 0 Å². The van der Waals surface area contributed by atoms with E-state index in [0.29, 0.717) is 16.8 Å². The molecule has 0 aliphatic heterocycles. The van der Waals surface area contributed by atoms with E-state index in [2.05, 4.69) is 31.9 Å². The zero-order valence-electron chi connectivity index (χ0n) is 16.5. The number of carbonyl (C=O) groups is 2. The number of hydrogen-bond donors (Lipinski definition) is 3. The molecule has 0 fully saturated rings. The summed E-state index contributed by atoms with van der Waals surface area (Å²) >= 11 is 8.66. The monoisotopic (exact) mass is 481 g/mol. The number of anilines is 2. The van der Waals surface area contributed by atoms with Gasteiger partial charge in [-0.05, 0) is 79.7 Å². The van der Waals surface area contributed by atoms with E-state index in [0.717, 1.165) is 21.3 Å². The third-order valence-electron chi connectivity index (χ3n) is 4.32. The molecule has 3 rings (SSSR count). The third kappa shape index (κ3) is 5.75. The van der Waals surface area contributed by atoms with Crippen molar-refractivity contribution >= 4 is 56.4 Å². The summed E-state index contributed by atoms with van der Waals surface area (Å²) in [4.78, 5) is 24.9. The highest BCUT2D eigenvalue weighted by Gasteiger charge is 2.11. The summed E-state index contributed by atoms with van der Waals surface area (Å²) in [5, 5.41) is 8.61. The summed E-state index contributed by atoms with van der Waals surface area (Å²) in [5.41, 5.74) is 4.38. The predicted molar refractivity (Wildman–Crippen MR) is 128 cm³/mol. The van der Waals surface area contributed by atoms with E-state index in [9.17, 15) is 9.59 Å². The molecule has 0 aliphatic carbocycles. The molecule has 0 saturated carbocycles. The Morgan fingerprint density at radius 3 is 2.17 bits per heavy atom. The number of benzene rings is 3. The molecule has 5 nitrogen and oxygen atoms in total. The molecule has 0 saturated heterocycles. The van der Waals surface area contributed by atoms with Crippen LogP contribution in [0.25, 0.3) is 0 Å². The molecule has 0 heterocycles. The minimum Gasteiger partial charge on any atom is -0.332 e. The van der Waals surface area contributed by atoms with E-state index in [1.54, 1.807) is 36.4 Å². The molecule has 0 bridgehead atoms. The fraction of sp³-hybridized carbons (Fsp3) is 0.0870. The average molecular weight is 482 g/mol. The second kappa shape index (κ2) is 9.65. The number of thiocarbonyl (C=S) groups is 1. The average Bonchev–Trinajstić information content (AvgIpc) is 2.70. The molecule has 0 atom stereocenters. The van der Waals surface area contributed by atoms with Gasteiger partial charge in [-0.3, -0.25) is 14.9 Å². The van der Waals surface area contributed by atoms with Crippen molar-refractivity contribution in [3.63, 3.8) is 0 Å². The van der Waals surface area contributed by atoms with Gasteiger partial charge >= 0.3 is 0 Å². The Hall–Kier alpha value is -3.03. The molecule has 7 heteroatoms. The van der Waals surface area contributed by atoms with Gasteiger partial charge in [0.1, 0.15) is 0 Å². The molecule has 2 amide bonds. The van der Waals surface area contributed by atoms with Crippen LogP contribution in [0.15, 0.2) is 71.2 Å². The Bertz CT molecular complexity index is 1130. The van der Waals surface area contributed by atoms with Gasteiger partial charge in [-0.15, -0.1) is 0 Å². The lowest BCUT2D eigenvalue weighted by Crippen LogP contribution is -2.34. The molecule has 0 spiro atoms. The van der Waals surface area contributed by atoms with Gasteiger partial charge in [0.2, 0.25) is 0 Å². The second-order valence-electron chi connectivity index (χ2n) is 6.78. The Labute approximate surface area is 189 Å². The van der Waals surface area contributed by atoms with Gasteiger partial charge in [-0.1, -0.05) is 40.2 Å². The molecule has 3 aromatic carbocycles. The normalized spacial score (nSPS) is 10.2. The highest BCUT2D eigenvalue weighted by molar-refractivity contribution is 9.10. The number of halogens is 1. The van der Waals surface area contributed by atoms with Crippen molar-refractivity contribution in [2.24, 2.45) is 0 Å². The van der Waals surface area contributed by atoms with E-state index in [-0.39, 0.29) is 16.9 Å². The molecule has 3 aromatic rings. The number of nitrogens with one attached hydrogen (secondary N) is 3. The maximum absolute atomic E-state index is 12.5. The molecule has 0 radical (unpaired) electrons. The van der Waals surface area contributed by atoms with Crippen LogP contribution >= 0.6 is 28.1 Å². The summed E-state index contributed by atoms with van der Waals surface area (Å²) in [6.45, 7) is 3.91. The van der Waals surface area contributed by atoms with Crippen LogP contribution in [0, 0.1) is 13.8 Å². The van der Waals surface area contributed by atoms with Crippen LogP contribution in [-0.4, -0.2) is 16.9 Å². The maximum atomic E-state index is 12.5. The van der Waals surface area contributed by atoms with Gasteiger partial charge in [-0.2, -0.15) is 0 Å². The predicted octanol–water partition coefficient (Wildman–Crippen LogP) is 5.45. The Morgan fingerprint density at radius 1 is 0.800 bits per heavy atom. The van der Waals surface area contributed by atoms with Crippen LogP contribution in [0.3, 0.4) is 0 Å². The smallest absolute Gasteiger partial charge is 0.257 e. The van der Waals surface area contributed by atoms with Crippen molar-refractivity contribution in [3.05, 3.63) is 93.5 Å². The van der Waals surface area contributed by atoms with Gasteiger partial charge in [0.25, 0.3) is 11.8 Å². The molecule has 30 heavy (non-hydrogen) atoms. The van der Waals surface area contributed by atoms with Crippen LogP contribution in [-0.2, 0) is 0 Å². The van der Waals surface area contributed by atoms with E-state index in [1.165, 1.54) is 0 Å². The molecule has 0 aromatic heterocycles. The van der Waals surface area contributed by atoms with Gasteiger partial charge in [0.05, 0.1) is 0 Å². The third-order valence-corrected chi connectivity index (χ3v) is 5.38. The van der Waals surface area contributed by atoms with E-state index in [4.69, 9.17) is 12.2 Å². The van der Waals surface area contributed by atoms with Crippen LogP contribution in [0.5, 0.6) is 0 Å². The SMILES string of the molecule is Cc1cccc(NC(=O)c2cccc(NC(=S)NC(=O)c3ccc(C)c(Br)c3)c2)c1. The van der Waals surface area contributed by atoms with Crippen molar-refractivity contribution in [3.8, 4) is 0 Å². The molecular formula is C23H20BrN3O2S. The fourth-order valence-electron chi connectivity index (χ4n) is 2.74. The van der Waals surface area contributed by atoms with Crippen LogP contribution in [0.1, 0.15) is 31.8 Å². The summed E-state index contributed by atoms with van der Waals surface area (Å²) in [6.07, 6.45) is 0. The highest BCUT2D eigenvalue weighted by Crippen LogP contribution is 2.18. The lowest BCUT2D eigenvalue weighted by molar-refractivity contribution is 0.0976. The van der Waals surface area contributed by atoms with Crippen LogP contribution in [0.4, 0.5) is 11.4 Å². The van der Waals surface area contributed by atoms with Crippen molar-refractivity contribution in [1.29, 1.82) is 0 Å². The largest absolute Gasteiger partial charge is 0.332 e. The summed E-state index contributed by atoms with van der Waals surface area (Å²) in [7, 11) is 0. The summed E-state index contributed by atoms with van der Waals surface area (Å²) in [5.74, 6) is -0.551. The Balaban J connectivity index is 1.64. The van der Waals surface area contributed by atoms with Gasteiger partial charge in [0.15, 0.2) is 5.11 Å². The quantitative estimate of drug-likeness (QED) is 0.433. The van der Waals surface area contributed by atoms with Gasteiger partial charge < -0.3 is 10.6 Å². The minimum absolute atomic E-state index is 0.146. The first-order valence-electron chi connectivity index (χ1n) is 9.18. The van der Waals surface area contributed by atoms with E-state index in [1.807, 2.05) is 44.2 Å². The van der Waals surface area contributed by atoms with Crippen molar-refractivity contribution in [2.75, 3.05) is 10.6 Å². The topological polar surface area (TPSA) is 70.2 Å². The zero-order chi connectivity index (χ0) is 21.7. The number of rotatable bonds is 4. The van der Waals surface area contributed by atoms with Crippen molar-refractivity contribution in [2.45, 2.75) is 13.8 Å². The van der Waals surface area contributed by atoms with Crippen LogP contribution < -0.4 is 16.0 Å². The van der Waals surface area contributed by atoms with Crippen molar-refractivity contribution in [1.82, 2.24) is 5.32 Å². The number of carbonyl (C=O) groups excluding carboxylic acids is 2. The van der Waals surface area contributed by atoms with Gasteiger partial charge in [-0.25, -0.2) is 0 Å². The van der Waals surface area contributed by atoms with Crippen molar-refractivity contribution < 1.29 is 9.59 Å². The number of amides is 2. The van der Waals surface area contributed by atoms with E-state index < -0.39 is 0 Å². The Kier molecular flexibility index (Phi) is 6.97. The molecule has 3 N–H and O–H groups in total. The first-order valence-corrected chi connectivity index (χ1v) is 10.4. The zero-order valence-corrected chi connectivity index (χ0v) is 18.9. The number of hydrogen-bond acceptors (Lipinski definition) is 3. The molecule has 0 aliphatic rings. The molecular weight excluding hydrogens is 462 g/mol. The minimum atomic E-state index is -0.318.